The first-order valence-electron chi connectivity index (χ1n) is 8.06. The quantitative estimate of drug-likeness (QED) is 0.673. The standard InChI is InChI=1S/C20H20N2O/c1-14-6-5-7-15(12-14)20(23)22-11-10-17-16-8-3-4-9-18(16)21(2)19(17)13-22/h3-9,12H,10-11,13H2,1-2H3. The van der Waals surface area contributed by atoms with Crippen LogP contribution in [-0.2, 0) is 20.0 Å². The highest BCUT2D eigenvalue weighted by atomic mass is 16.2. The summed E-state index contributed by atoms with van der Waals surface area (Å²) in [4.78, 5) is 14.8. The molecule has 0 atom stereocenters. The van der Waals surface area contributed by atoms with E-state index in [9.17, 15) is 4.79 Å². The second-order valence-electron chi connectivity index (χ2n) is 6.35. The third-order valence-electron chi connectivity index (χ3n) is 4.87. The van der Waals surface area contributed by atoms with Crippen LogP contribution >= 0.6 is 0 Å². The molecule has 0 bridgehead atoms. The van der Waals surface area contributed by atoms with E-state index in [2.05, 4.69) is 35.9 Å². The average Bonchev–Trinajstić information content (AvgIpc) is 2.87. The zero-order chi connectivity index (χ0) is 16.0. The minimum atomic E-state index is 0.129. The number of benzene rings is 2. The predicted molar refractivity (Wildman–Crippen MR) is 92.5 cm³/mol. The largest absolute Gasteiger partial charge is 0.346 e. The summed E-state index contributed by atoms with van der Waals surface area (Å²) < 4.78 is 2.24. The van der Waals surface area contributed by atoms with Gasteiger partial charge >= 0.3 is 0 Å². The minimum Gasteiger partial charge on any atom is -0.346 e. The number of rotatable bonds is 1. The molecule has 1 aliphatic rings. The molecule has 2 heterocycles. The van der Waals surface area contributed by atoms with Gasteiger partial charge in [-0.25, -0.2) is 0 Å². The molecule has 0 radical (unpaired) electrons. The van der Waals surface area contributed by atoms with Crippen molar-refractivity contribution in [2.45, 2.75) is 19.9 Å². The molecule has 0 aliphatic carbocycles. The van der Waals surface area contributed by atoms with E-state index in [-0.39, 0.29) is 5.91 Å². The van der Waals surface area contributed by atoms with Crippen LogP contribution in [0.5, 0.6) is 0 Å². The fraction of sp³-hybridized carbons (Fsp3) is 0.250. The molecule has 2 aromatic carbocycles. The van der Waals surface area contributed by atoms with Crippen LogP contribution in [0.3, 0.4) is 0 Å². The zero-order valence-corrected chi connectivity index (χ0v) is 13.5. The van der Waals surface area contributed by atoms with Gasteiger partial charge in [0.05, 0.1) is 6.54 Å². The number of carbonyl (C=O) groups is 1. The highest BCUT2D eigenvalue weighted by Gasteiger charge is 2.26. The molecule has 0 saturated carbocycles. The predicted octanol–water partition coefficient (Wildman–Crippen LogP) is 3.69. The van der Waals surface area contributed by atoms with Gasteiger partial charge in [0.25, 0.3) is 5.91 Å². The van der Waals surface area contributed by atoms with Crippen LogP contribution < -0.4 is 0 Å². The molecular formula is C20H20N2O. The van der Waals surface area contributed by atoms with Crippen molar-refractivity contribution < 1.29 is 4.79 Å². The van der Waals surface area contributed by atoms with Gasteiger partial charge < -0.3 is 9.47 Å². The Morgan fingerprint density at radius 1 is 1.09 bits per heavy atom. The minimum absolute atomic E-state index is 0.129. The van der Waals surface area contributed by atoms with Crippen LogP contribution in [0.15, 0.2) is 48.5 Å². The zero-order valence-electron chi connectivity index (χ0n) is 13.5. The molecule has 1 aliphatic heterocycles. The second-order valence-corrected chi connectivity index (χ2v) is 6.35. The number of amides is 1. The molecule has 0 spiro atoms. The maximum atomic E-state index is 12.8. The summed E-state index contributed by atoms with van der Waals surface area (Å²) in [5, 5.41) is 1.33. The van der Waals surface area contributed by atoms with Crippen LogP contribution in [0.1, 0.15) is 27.2 Å². The Balaban J connectivity index is 1.70. The van der Waals surface area contributed by atoms with Gasteiger partial charge in [-0.2, -0.15) is 0 Å². The molecule has 3 heteroatoms. The summed E-state index contributed by atoms with van der Waals surface area (Å²) in [5.74, 6) is 0.129. The van der Waals surface area contributed by atoms with Crippen molar-refractivity contribution in [3.8, 4) is 0 Å². The summed E-state index contributed by atoms with van der Waals surface area (Å²) >= 11 is 0. The van der Waals surface area contributed by atoms with Gasteiger partial charge in [0, 0.05) is 35.8 Å². The lowest BCUT2D eigenvalue weighted by Gasteiger charge is -2.28. The SMILES string of the molecule is Cc1cccc(C(=O)N2CCc3c(n(C)c4ccccc34)C2)c1. The fourth-order valence-corrected chi connectivity index (χ4v) is 3.65. The lowest BCUT2D eigenvalue weighted by molar-refractivity contribution is 0.0731. The molecule has 0 N–H and O–H groups in total. The van der Waals surface area contributed by atoms with E-state index < -0.39 is 0 Å². The number of nitrogens with zero attached hydrogens (tertiary/aromatic N) is 2. The van der Waals surface area contributed by atoms with E-state index in [0.29, 0.717) is 6.54 Å². The molecule has 116 valence electrons. The Morgan fingerprint density at radius 2 is 1.91 bits per heavy atom. The van der Waals surface area contributed by atoms with Gasteiger partial charge in [-0.05, 0) is 37.1 Å². The van der Waals surface area contributed by atoms with Crippen LogP contribution in [-0.4, -0.2) is 21.9 Å². The van der Waals surface area contributed by atoms with E-state index >= 15 is 0 Å². The summed E-state index contributed by atoms with van der Waals surface area (Å²) in [6.07, 6.45) is 0.925. The maximum Gasteiger partial charge on any atom is 0.254 e. The first-order valence-corrected chi connectivity index (χ1v) is 8.06. The molecule has 0 saturated heterocycles. The Kier molecular flexibility index (Phi) is 3.22. The van der Waals surface area contributed by atoms with Crippen LogP contribution in [0, 0.1) is 6.92 Å². The Bertz CT molecular complexity index is 907. The van der Waals surface area contributed by atoms with Gasteiger partial charge in [-0.15, -0.1) is 0 Å². The number of hydrogen-bond donors (Lipinski definition) is 0. The number of hydrogen-bond acceptors (Lipinski definition) is 1. The smallest absolute Gasteiger partial charge is 0.254 e. The number of fused-ring (bicyclic) bond motifs is 3. The average molecular weight is 304 g/mol. The lowest BCUT2D eigenvalue weighted by atomic mass is 10.0. The Morgan fingerprint density at radius 3 is 2.74 bits per heavy atom. The number of aryl methyl sites for hydroxylation is 2. The van der Waals surface area contributed by atoms with Crippen LogP contribution in [0.2, 0.25) is 0 Å². The molecular weight excluding hydrogens is 284 g/mol. The normalized spacial score (nSPS) is 14.1. The first kappa shape index (κ1) is 14.1. The molecule has 3 nitrogen and oxygen atoms in total. The van der Waals surface area contributed by atoms with Crippen molar-refractivity contribution in [1.82, 2.24) is 9.47 Å². The van der Waals surface area contributed by atoms with E-state index in [1.54, 1.807) is 0 Å². The van der Waals surface area contributed by atoms with Gasteiger partial charge in [-0.1, -0.05) is 35.9 Å². The molecule has 1 aromatic heterocycles. The topological polar surface area (TPSA) is 25.2 Å². The number of para-hydroxylation sites is 1. The fourth-order valence-electron chi connectivity index (χ4n) is 3.65. The van der Waals surface area contributed by atoms with E-state index in [0.717, 1.165) is 24.1 Å². The Hall–Kier alpha value is -2.55. The van der Waals surface area contributed by atoms with Gasteiger partial charge in [0.2, 0.25) is 0 Å². The first-order chi connectivity index (χ1) is 11.1. The molecule has 1 amide bonds. The van der Waals surface area contributed by atoms with E-state index in [1.807, 2.05) is 36.1 Å². The third kappa shape index (κ3) is 2.24. The monoisotopic (exact) mass is 304 g/mol. The lowest BCUT2D eigenvalue weighted by Crippen LogP contribution is -2.36. The van der Waals surface area contributed by atoms with Crippen molar-refractivity contribution in [3.63, 3.8) is 0 Å². The highest BCUT2D eigenvalue weighted by Crippen LogP contribution is 2.30. The summed E-state index contributed by atoms with van der Waals surface area (Å²) in [6.45, 7) is 3.50. The molecule has 0 fully saturated rings. The second kappa shape index (κ2) is 5.27. The molecule has 23 heavy (non-hydrogen) atoms. The van der Waals surface area contributed by atoms with Crippen LogP contribution in [0.25, 0.3) is 10.9 Å². The van der Waals surface area contributed by atoms with Crippen molar-refractivity contribution in [2.24, 2.45) is 7.05 Å². The summed E-state index contributed by atoms with van der Waals surface area (Å²) in [5.41, 5.74) is 5.82. The van der Waals surface area contributed by atoms with Crippen molar-refractivity contribution in [1.29, 1.82) is 0 Å². The van der Waals surface area contributed by atoms with Gasteiger partial charge in [0.15, 0.2) is 0 Å². The van der Waals surface area contributed by atoms with Crippen molar-refractivity contribution >= 4 is 16.8 Å². The van der Waals surface area contributed by atoms with Gasteiger partial charge in [0.1, 0.15) is 0 Å². The van der Waals surface area contributed by atoms with Gasteiger partial charge in [-0.3, -0.25) is 4.79 Å². The molecule has 4 rings (SSSR count). The number of carbonyl (C=O) groups excluding carboxylic acids is 1. The highest BCUT2D eigenvalue weighted by molar-refractivity contribution is 5.95. The molecule has 0 unspecified atom stereocenters. The third-order valence-corrected chi connectivity index (χ3v) is 4.87. The maximum absolute atomic E-state index is 12.8. The van der Waals surface area contributed by atoms with Crippen LogP contribution in [0.4, 0.5) is 0 Å². The number of aromatic nitrogens is 1. The summed E-state index contributed by atoms with van der Waals surface area (Å²) in [7, 11) is 2.10. The summed E-state index contributed by atoms with van der Waals surface area (Å²) in [6, 6.07) is 16.4. The van der Waals surface area contributed by atoms with E-state index in [4.69, 9.17) is 0 Å². The molecule has 3 aromatic rings. The van der Waals surface area contributed by atoms with Crippen molar-refractivity contribution in [3.05, 3.63) is 70.9 Å². The Labute approximate surface area is 136 Å². The van der Waals surface area contributed by atoms with Crippen molar-refractivity contribution in [2.75, 3.05) is 6.54 Å². The van der Waals surface area contributed by atoms with E-state index in [1.165, 1.54) is 22.2 Å².